The van der Waals surface area contributed by atoms with Crippen molar-refractivity contribution in [1.82, 2.24) is 55.8 Å². The number of carbonyl (C=O) groups is 5. The molecule has 1 aromatic heterocycles. The van der Waals surface area contributed by atoms with Crippen molar-refractivity contribution >= 4 is 74.7 Å². The van der Waals surface area contributed by atoms with E-state index >= 15 is 0 Å². The molecule has 6 N–H and O–H groups in total. The summed E-state index contributed by atoms with van der Waals surface area (Å²) in [6, 6.07) is 31.9. The van der Waals surface area contributed by atoms with Gasteiger partial charge in [-0.3, -0.25) is 39.0 Å². The number of carbonyl (C=O) groups excluding carboxylic acids is 5. The Hall–Kier alpha value is -9.32. The molecule has 11 rings (SSSR count). The number of nitrogens with one attached hydrogen (secondary N) is 4. The summed E-state index contributed by atoms with van der Waals surface area (Å²) in [5, 5.41) is 4.85. The number of amides is 5. The second-order valence-corrected chi connectivity index (χ2v) is 30.0. The van der Waals surface area contributed by atoms with Gasteiger partial charge in [0, 0.05) is 138 Å². The largest absolute Gasteiger partial charge is 0.494 e. The molecule has 23 nitrogen and oxygen atoms in total. The predicted octanol–water partition coefficient (Wildman–Crippen LogP) is 9.16. The van der Waals surface area contributed by atoms with Crippen LogP contribution in [0.2, 0.25) is 0 Å². The van der Waals surface area contributed by atoms with Gasteiger partial charge in [-0.05, 0) is 152 Å². The van der Waals surface area contributed by atoms with Crippen LogP contribution < -0.4 is 41.3 Å². The minimum Gasteiger partial charge on any atom is -0.494 e. The van der Waals surface area contributed by atoms with Gasteiger partial charge in [0.1, 0.15) is 17.3 Å². The molecule has 0 radical (unpaired) electrons. The highest BCUT2D eigenvalue weighted by Crippen LogP contribution is 2.43. The van der Waals surface area contributed by atoms with Gasteiger partial charge in [-0.2, -0.15) is 0 Å². The van der Waals surface area contributed by atoms with Gasteiger partial charge in [0.2, 0.25) is 29.5 Å². The molecule has 102 heavy (non-hydrogen) atoms. The molecule has 5 amide bonds. The zero-order chi connectivity index (χ0) is 72.2. The summed E-state index contributed by atoms with van der Waals surface area (Å²) in [5.41, 5.74) is 28.1. The van der Waals surface area contributed by atoms with Crippen LogP contribution in [0.1, 0.15) is 134 Å². The third-order valence-corrected chi connectivity index (χ3v) is 19.6. The monoisotopic (exact) mass is 1390 g/mol. The lowest BCUT2D eigenvalue weighted by Crippen LogP contribution is -2.50. The smallest absolute Gasteiger partial charge is 0.243 e. The van der Waals surface area contributed by atoms with Crippen LogP contribution in [0.4, 0.5) is 22.7 Å². The number of anilines is 2. The second kappa shape index (κ2) is 33.2. The van der Waals surface area contributed by atoms with Crippen LogP contribution in [0.3, 0.4) is 0 Å². The number of H-pyrrole nitrogens is 1. The normalized spacial score (nSPS) is 15.5. The van der Waals surface area contributed by atoms with Crippen molar-refractivity contribution in [2.75, 3.05) is 142 Å². The van der Waals surface area contributed by atoms with Gasteiger partial charge < -0.3 is 65.2 Å². The number of hydrogen-bond donors (Lipinski definition) is 5. The number of primary amides is 1. The topological polar surface area (TPSA) is 245 Å². The second-order valence-electron chi connectivity index (χ2n) is 30.0. The number of benzene rings is 5. The molecular formula is C79H106N16O7. The van der Waals surface area contributed by atoms with E-state index in [-0.39, 0.29) is 67.7 Å². The van der Waals surface area contributed by atoms with Gasteiger partial charge >= 0.3 is 0 Å². The van der Waals surface area contributed by atoms with E-state index in [4.69, 9.17) is 30.2 Å². The van der Waals surface area contributed by atoms with E-state index in [1.807, 2.05) is 38.1 Å². The third kappa shape index (κ3) is 19.0. The Kier molecular flexibility index (Phi) is 24.1. The molecule has 0 atom stereocenters. The van der Waals surface area contributed by atoms with Gasteiger partial charge in [-0.25, -0.2) is 4.98 Å². The van der Waals surface area contributed by atoms with Crippen LogP contribution in [0.15, 0.2) is 113 Å². The molecule has 5 aliphatic heterocycles. The van der Waals surface area contributed by atoms with Crippen molar-refractivity contribution in [3.8, 4) is 22.9 Å². The van der Waals surface area contributed by atoms with Gasteiger partial charge in [0.05, 0.1) is 78.9 Å². The standard InChI is InChI=1S/C79H106N16O7/c1-11-28-92(73(98)20-15-39-101-62-18-13-17-54(43-62)68-46-56-41-55(21-24-65(56)82-68)69-47-57-42-60(22-25-66(57)83-69)90-35-31-88(9)32-36-90)52-74(99)93(29-12-2)53-75(100)94(51-71(80)96)49-59-50-95(87-86-59)30-16-27-81-72(97)19-14-40-102-76-63(78(3,4)5)44-58(45-64(76)79(6,7)8)77-84-67-26-23-61(48-70(67)85-77)91-37-33-89(10)34-38-91/h13,17-18,21-26,41-45,48,50,86-87H,11-12,14-16,19-20,27-40,46-47,49,51-53H2,1-10H3,(H2,80,96)(H,81,97)(H,84,85). The number of piperazine rings is 2. The number of fused-ring (bicyclic) bond motifs is 3. The molecule has 0 aliphatic carbocycles. The zero-order valence-corrected chi connectivity index (χ0v) is 61.7. The molecule has 5 aliphatic rings. The summed E-state index contributed by atoms with van der Waals surface area (Å²) in [4.78, 5) is 100. The summed E-state index contributed by atoms with van der Waals surface area (Å²) in [6.45, 7) is 26.7. The average molecular weight is 1390 g/mol. The van der Waals surface area contributed by atoms with Gasteiger partial charge in [-0.1, -0.05) is 73.6 Å². The molecule has 0 spiro atoms. The number of aromatic amines is 1. The van der Waals surface area contributed by atoms with Crippen molar-refractivity contribution in [2.45, 2.75) is 124 Å². The number of nitrogens with two attached hydrogens (primary N) is 1. The Morgan fingerprint density at radius 2 is 1.19 bits per heavy atom. The maximum atomic E-state index is 14.0. The molecule has 5 aromatic carbocycles. The van der Waals surface area contributed by atoms with Crippen LogP contribution in [0.25, 0.3) is 22.4 Å². The lowest BCUT2D eigenvalue weighted by atomic mass is 9.78. The summed E-state index contributed by atoms with van der Waals surface area (Å²) in [7, 11) is 4.35. The maximum Gasteiger partial charge on any atom is 0.243 e. The molecule has 544 valence electrons. The summed E-state index contributed by atoms with van der Waals surface area (Å²) in [6.07, 6.45) is 6.54. The number of aliphatic imine (C=N–C) groups is 2. The van der Waals surface area contributed by atoms with Crippen molar-refractivity contribution in [3.05, 3.63) is 136 Å². The number of nitrogens with zero attached hydrogens (tertiary/aromatic N) is 11. The minimum atomic E-state index is -0.701. The van der Waals surface area contributed by atoms with Crippen molar-refractivity contribution < 1.29 is 33.4 Å². The first-order valence-electron chi connectivity index (χ1n) is 36.7. The number of hydrazine groups is 2. The molecule has 6 heterocycles. The van der Waals surface area contributed by atoms with E-state index in [1.165, 1.54) is 26.7 Å². The predicted molar refractivity (Wildman–Crippen MR) is 405 cm³/mol. The number of likely N-dealkylation sites (N-methyl/N-ethyl adjacent to an activating group) is 2. The van der Waals surface area contributed by atoms with Crippen LogP contribution in [0, 0.1) is 0 Å². The fourth-order valence-corrected chi connectivity index (χ4v) is 13.8. The molecule has 2 fully saturated rings. The average Bonchev–Trinajstić information content (AvgIpc) is 1.09. The van der Waals surface area contributed by atoms with Crippen molar-refractivity contribution in [1.29, 1.82) is 0 Å². The fraction of sp³-hybridized carbons (Fsp3) is 0.494. The van der Waals surface area contributed by atoms with E-state index in [9.17, 15) is 24.0 Å². The number of aromatic nitrogens is 2. The van der Waals surface area contributed by atoms with E-state index in [0.717, 1.165) is 138 Å². The van der Waals surface area contributed by atoms with Crippen molar-refractivity contribution in [2.24, 2.45) is 15.7 Å². The van der Waals surface area contributed by atoms with Crippen LogP contribution in [0.5, 0.6) is 11.5 Å². The molecule has 0 unspecified atom stereocenters. The summed E-state index contributed by atoms with van der Waals surface area (Å²) in [5.74, 6) is 0.566. The zero-order valence-electron chi connectivity index (χ0n) is 61.7. The van der Waals surface area contributed by atoms with E-state index in [0.29, 0.717) is 89.2 Å². The molecule has 6 aromatic rings. The number of rotatable bonds is 31. The Labute approximate surface area is 601 Å². The molecular weight excluding hydrogens is 1280 g/mol. The SMILES string of the molecule is CCCN(CC(=O)N(CCC)CC(=O)N(CC(N)=O)CC1=CN(CCCNC(=O)CCCOc2c(C(C)(C)C)cc(-c3nc4ccc(N5CCN(C)CC5)cc4[nH]3)cc2C(C)(C)C)NN1)C(=O)CCCOc1cccc(C2=Nc3ccc(C4=Nc5ccc(N6CCN(C)CC6)cc5C4)cc3C2)c1. The number of hydrogen-bond acceptors (Lipinski definition) is 17. The first kappa shape index (κ1) is 73.9. The molecule has 2 saturated heterocycles. The lowest BCUT2D eigenvalue weighted by Gasteiger charge is -2.34. The number of ether oxygens (including phenoxy) is 2. The van der Waals surface area contributed by atoms with Crippen molar-refractivity contribution in [3.63, 3.8) is 0 Å². The van der Waals surface area contributed by atoms with E-state index < -0.39 is 11.8 Å². The van der Waals surface area contributed by atoms with E-state index in [2.05, 4.69) is 163 Å². The quantitative estimate of drug-likeness (QED) is 0.0255. The van der Waals surface area contributed by atoms with Crippen LogP contribution in [-0.2, 0) is 47.6 Å². The lowest BCUT2D eigenvalue weighted by molar-refractivity contribution is -0.144. The molecule has 23 heteroatoms. The fourth-order valence-electron chi connectivity index (χ4n) is 13.8. The summed E-state index contributed by atoms with van der Waals surface area (Å²) >= 11 is 0. The van der Waals surface area contributed by atoms with Crippen LogP contribution in [-0.4, -0.2) is 212 Å². The van der Waals surface area contributed by atoms with Gasteiger partial charge in [0.15, 0.2) is 0 Å². The highest BCUT2D eigenvalue weighted by Gasteiger charge is 2.32. The van der Waals surface area contributed by atoms with E-state index in [1.54, 1.807) is 16.1 Å². The summed E-state index contributed by atoms with van der Waals surface area (Å²) < 4.78 is 12.9. The molecule has 0 bridgehead atoms. The Morgan fingerprint density at radius 1 is 0.608 bits per heavy atom. The Morgan fingerprint density at radius 3 is 1.82 bits per heavy atom. The minimum absolute atomic E-state index is 0.0128. The van der Waals surface area contributed by atoms with Gasteiger partial charge in [-0.15, -0.1) is 5.53 Å². The number of imidazole rings is 1. The van der Waals surface area contributed by atoms with Crippen LogP contribution >= 0.6 is 0 Å². The molecule has 0 saturated carbocycles. The Bertz CT molecular complexity index is 4060. The third-order valence-electron chi connectivity index (χ3n) is 19.6. The first-order valence-corrected chi connectivity index (χ1v) is 36.7. The Balaban J connectivity index is 0.599. The van der Waals surface area contributed by atoms with Gasteiger partial charge in [0.25, 0.3) is 0 Å². The first-order chi connectivity index (χ1) is 48.9. The highest BCUT2D eigenvalue weighted by molar-refractivity contribution is 6.10. The highest BCUT2D eigenvalue weighted by atomic mass is 16.5. The maximum absolute atomic E-state index is 14.0.